The number of phenolic OH excluding ortho intramolecular Hbond substituents is 3. The van der Waals surface area contributed by atoms with Crippen LogP contribution >= 0.6 is 34.8 Å². The number of nitrogens with two attached hydrogens (primary N) is 1. The number of nitrogens with zero attached hydrogens (tertiary/aromatic N) is 1. The summed E-state index contributed by atoms with van der Waals surface area (Å²) in [6.07, 6.45) is -20.5. The Morgan fingerprint density at radius 1 is 0.697 bits per heavy atom. The van der Waals surface area contributed by atoms with Crippen LogP contribution in [0.25, 0.3) is 22.3 Å². The van der Waals surface area contributed by atoms with Crippen LogP contribution in [-0.4, -0.2) is 212 Å². The number of nitrogens with one attached hydrogen (secondary N) is 6. The normalized spacial score (nSPS) is 26.7. The molecule has 0 spiro atoms. The standard InChI is InChI=1S/C88H101Cl3N8O23/c1-41(2)26-59(93-5)85(115)98-75-63(105)30-50(33-70(92)107)83(113)96-73-49-31-67(118-65-22-17-47(28-57(65)90)76(108)56-37-61(103)53(36-64(73)106)46-16-21-60(102)54(27-46)72-55(34-52(101)35-62(72)104)74(97-84(56)114)86(116)94-24-9-25-99(6,7)8)80(68(32-49)119-66-23-18-48(77(75)109)29-58(66)91)122-87-81(79(111)78(110)69(40-100)120-87)121-71-38-88(4,82(112)42(3)117-71)95-39-43-10-12-44(13-11-43)45-14-19-51(89)20-15-45/h10-23,27-29,31-32,34-35,41-42,50,53,56,59,69,71,73-79,81-82,87,93,95,100,108-112H,9,24-26,30,33,36-40H2,1-8H3,(H8-,92,94,96,97,98,101,102,104,107,113,114,115,116)/p+1/t42-,50-,53-,56-,59+,69?,71-,73+,74-,75-,76+,77+,78?,79-,81+,82+,87?,88?/m0/s1. The van der Waals surface area contributed by atoms with Gasteiger partial charge in [-0.1, -0.05) is 103 Å². The summed E-state index contributed by atoms with van der Waals surface area (Å²) in [4.78, 5) is 122. The van der Waals surface area contributed by atoms with Crippen LogP contribution in [0.3, 0.4) is 0 Å². The van der Waals surface area contributed by atoms with Crippen LogP contribution in [0.15, 0.2) is 127 Å². The molecule has 18 atom stereocenters. The highest BCUT2D eigenvalue weighted by Gasteiger charge is 2.52. The molecule has 14 rings (SSSR count). The molecule has 122 heavy (non-hydrogen) atoms. The number of carbonyl (C=O) groups is 8. The summed E-state index contributed by atoms with van der Waals surface area (Å²) in [5.41, 5.74) is 5.71. The van der Waals surface area contributed by atoms with Crippen molar-refractivity contribution >= 4 is 81.7 Å². The van der Waals surface area contributed by atoms with Crippen molar-refractivity contribution < 1.29 is 117 Å². The average Bonchev–Trinajstić information content (AvgIpc) is 0.764. The summed E-state index contributed by atoms with van der Waals surface area (Å²) in [7, 11) is 7.32. The smallest absolute Gasteiger partial charge is 0.247 e. The van der Waals surface area contributed by atoms with Crippen LogP contribution in [-0.2, 0) is 59.1 Å². The first-order valence-corrected chi connectivity index (χ1v) is 41.2. The highest BCUT2D eigenvalue weighted by Crippen LogP contribution is 2.51. The topological polar surface area (TPSA) is 472 Å². The summed E-state index contributed by atoms with van der Waals surface area (Å²) in [6.45, 7) is 6.90. The van der Waals surface area contributed by atoms with Crippen molar-refractivity contribution in [1.29, 1.82) is 0 Å². The minimum absolute atomic E-state index is 0.0417. The number of phenols is 3. The fourth-order valence-corrected chi connectivity index (χ4v) is 16.7. The van der Waals surface area contributed by atoms with Gasteiger partial charge in [0.25, 0.3) is 0 Å². The van der Waals surface area contributed by atoms with Gasteiger partial charge in [-0.15, -0.1) is 0 Å². The Bertz CT molecular complexity index is 5080. The van der Waals surface area contributed by atoms with Gasteiger partial charge in [-0.05, 0) is 144 Å². The lowest BCUT2D eigenvalue weighted by Gasteiger charge is -2.48. The van der Waals surface area contributed by atoms with Gasteiger partial charge in [-0.3, -0.25) is 38.4 Å². The first kappa shape index (κ1) is 91.3. The SMILES string of the molecule is CN[C@H](CC(C)C)C(=O)N[C@H]1C(=O)C[C@@H](CC(N)=O)C(=O)N[C@H]2C(=O)C[C@@H]3C(=O)C[C@H](C(=O)N[C@H](C(=O)NCCC[N+](C)(C)C)c4cc(O)cc(O)c4-c4cc3ccc4O)[C@H](O)c3ccc(c(Cl)c3)Oc3cc2cc(c3OC2OC(CO)C(O)[C@H](O)[C@H]2O[C@H]2CC(C)(NCc3ccc(-c4ccc(Cl)cc4)cc3)[C@H](O)[C@H](C)O2)Oc2ccc(cc2Cl)[C@H]1O. The molecule has 2 saturated heterocycles. The van der Waals surface area contributed by atoms with E-state index in [4.69, 9.17) is 69.0 Å². The molecule has 4 unspecified atom stereocenters. The second kappa shape index (κ2) is 38.5. The molecular formula is C88H102Cl3N8O23+. The quantitative estimate of drug-likeness (QED) is 0.0245. The molecule has 17 N–H and O–H groups in total. The number of fused-ring (bicyclic) bond motifs is 15. The van der Waals surface area contributed by atoms with Crippen LogP contribution in [0.4, 0.5) is 0 Å². The van der Waals surface area contributed by atoms with E-state index in [1.54, 1.807) is 26.0 Å². The molecule has 31 nitrogen and oxygen atoms in total. The van der Waals surface area contributed by atoms with Gasteiger partial charge < -0.3 is 116 Å². The number of ether oxygens (including phenoxy) is 6. The van der Waals surface area contributed by atoms with Crippen molar-refractivity contribution in [3.63, 3.8) is 0 Å². The molecule has 0 aliphatic carbocycles. The maximum atomic E-state index is 16.5. The van der Waals surface area contributed by atoms with E-state index >= 15 is 24.0 Å². The number of Topliss-reactive ketones (excluding diaryl/α,β-unsaturated/α-hetero) is 3. The Balaban J connectivity index is 1.04. The maximum absolute atomic E-state index is 16.5. The zero-order chi connectivity index (χ0) is 88.2. The van der Waals surface area contributed by atoms with Gasteiger partial charge in [0.15, 0.2) is 35.5 Å². The number of aliphatic hydroxyl groups is 6. The van der Waals surface area contributed by atoms with Crippen molar-refractivity contribution in [3.8, 4) is 68.2 Å². The predicted octanol–water partition coefficient (Wildman–Crippen LogP) is 7.45. The van der Waals surface area contributed by atoms with E-state index < -0.39 is 223 Å². The number of rotatable bonds is 21. The molecule has 7 aliphatic heterocycles. The molecule has 7 aliphatic rings. The molecule has 7 heterocycles. The van der Waals surface area contributed by atoms with E-state index in [0.29, 0.717) is 22.5 Å². The van der Waals surface area contributed by atoms with Gasteiger partial charge >= 0.3 is 0 Å². The average molecular weight is 1750 g/mol. The lowest BCUT2D eigenvalue weighted by Crippen LogP contribution is -2.65. The minimum Gasteiger partial charge on any atom is -0.508 e. The molecule has 2 fully saturated rings. The number of ketones is 3. The summed E-state index contributed by atoms with van der Waals surface area (Å²) < 4.78 is 40.4. The number of halogens is 3. The zero-order valence-corrected chi connectivity index (χ0v) is 70.5. The lowest BCUT2D eigenvalue weighted by molar-refractivity contribution is -0.870. The van der Waals surface area contributed by atoms with E-state index in [1.807, 2.05) is 71.4 Å². The number of quaternary nitrogens is 1. The molecule has 652 valence electrons. The third-order valence-corrected chi connectivity index (χ3v) is 23.6. The molecule has 0 aromatic heterocycles. The van der Waals surface area contributed by atoms with Crippen LogP contribution < -0.4 is 51.8 Å². The number of primary amides is 1. The summed E-state index contributed by atoms with van der Waals surface area (Å²) in [6, 6.07) is 23.4. The van der Waals surface area contributed by atoms with Crippen molar-refractivity contribution in [2.24, 2.45) is 23.5 Å². The Morgan fingerprint density at radius 3 is 1.93 bits per heavy atom. The molecule has 34 heteroatoms. The Morgan fingerprint density at radius 2 is 1.33 bits per heavy atom. The molecule has 7 aromatic carbocycles. The van der Waals surface area contributed by atoms with Crippen molar-refractivity contribution in [2.45, 2.75) is 176 Å². The van der Waals surface area contributed by atoms with Crippen LogP contribution in [0.2, 0.25) is 15.1 Å². The van der Waals surface area contributed by atoms with Gasteiger partial charge in [0.1, 0.15) is 77.1 Å². The predicted molar refractivity (Wildman–Crippen MR) is 446 cm³/mol. The fraction of sp³-hybridized carbons (Fsp3) is 0.432. The van der Waals surface area contributed by atoms with E-state index in [2.05, 4.69) is 31.9 Å². The number of amides is 5. The molecule has 11 bridgehead atoms. The summed E-state index contributed by atoms with van der Waals surface area (Å²) in [5.74, 6) is -18.3. The fourth-order valence-electron chi connectivity index (χ4n) is 16.1. The molecule has 0 saturated carbocycles. The Hall–Kier alpha value is -9.91. The Kier molecular flexibility index (Phi) is 28.8. The number of aromatic hydroxyl groups is 3. The lowest BCUT2D eigenvalue weighted by atomic mass is 9.79. The summed E-state index contributed by atoms with van der Waals surface area (Å²) in [5, 5.41) is 125. The highest BCUT2D eigenvalue weighted by atomic mass is 35.5. The minimum atomic E-state index is -2.17. The van der Waals surface area contributed by atoms with Gasteiger partial charge in [-0.2, -0.15) is 0 Å². The number of hydrogen-bond acceptors (Lipinski definition) is 25. The number of benzene rings is 7. The monoisotopic (exact) mass is 1740 g/mol. The molecular weight excluding hydrogens is 1640 g/mol. The number of carbonyl (C=O) groups excluding carboxylic acids is 8. The number of hydrogen-bond donors (Lipinski definition) is 16. The second-order valence-electron chi connectivity index (χ2n) is 33.4. The third kappa shape index (κ3) is 20.9. The van der Waals surface area contributed by atoms with Crippen LogP contribution in [0.5, 0.6) is 46.0 Å². The molecule has 5 amide bonds. The number of aliphatic hydroxyl groups excluding tert-OH is 6. The second-order valence-corrected chi connectivity index (χ2v) is 34.6. The van der Waals surface area contributed by atoms with E-state index in [1.165, 1.54) is 55.6 Å². The summed E-state index contributed by atoms with van der Waals surface area (Å²) >= 11 is 20.7. The zero-order valence-electron chi connectivity index (χ0n) is 68.2. The van der Waals surface area contributed by atoms with E-state index in [0.717, 1.165) is 47.0 Å². The maximum Gasteiger partial charge on any atom is 0.247 e. The molecule has 7 aromatic rings. The van der Waals surface area contributed by atoms with E-state index in [9.17, 15) is 60.3 Å². The molecule has 0 radical (unpaired) electrons. The van der Waals surface area contributed by atoms with Crippen LogP contribution in [0, 0.1) is 17.8 Å². The van der Waals surface area contributed by atoms with Crippen molar-refractivity contribution in [1.82, 2.24) is 31.9 Å². The Labute approximate surface area is 718 Å². The third-order valence-electron chi connectivity index (χ3n) is 22.8. The van der Waals surface area contributed by atoms with Gasteiger partial charge in [0, 0.05) is 85.3 Å². The van der Waals surface area contributed by atoms with Crippen molar-refractivity contribution in [3.05, 3.63) is 176 Å². The largest absolute Gasteiger partial charge is 0.508 e. The van der Waals surface area contributed by atoms with E-state index in [-0.39, 0.29) is 92.3 Å². The number of likely N-dealkylation sites (N-methyl/N-ethyl adjacent to an activating group) is 1. The van der Waals surface area contributed by atoms with Gasteiger partial charge in [-0.25, -0.2) is 0 Å². The van der Waals surface area contributed by atoms with Gasteiger partial charge in [0.2, 0.25) is 41.6 Å². The first-order chi connectivity index (χ1) is 57.8. The van der Waals surface area contributed by atoms with Gasteiger partial charge in [0.05, 0.1) is 80.5 Å². The van der Waals surface area contributed by atoms with Crippen molar-refractivity contribution in [2.75, 3.05) is 47.9 Å². The van der Waals surface area contributed by atoms with Crippen LogP contribution in [0.1, 0.15) is 136 Å². The first-order valence-electron chi connectivity index (χ1n) is 40.1. The highest BCUT2D eigenvalue weighted by molar-refractivity contribution is 6.32.